The Morgan fingerprint density at radius 3 is 1.65 bits per heavy atom. The average Bonchev–Trinajstić information content (AvgIpc) is 3.69. The van der Waals surface area contributed by atoms with Crippen LogP contribution in [0.4, 0.5) is 4.39 Å². The van der Waals surface area contributed by atoms with E-state index in [0.29, 0.717) is 5.56 Å². The average molecular weight is 1000 g/mol. The van der Waals surface area contributed by atoms with Crippen LogP contribution in [-0.4, -0.2) is 23.0 Å². The van der Waals surface area contributed by atoms with Gasteiger partial charge in [0.2, 0.25) is 0 Å². The van der Waals surface area contributed by atoms with Crippen molar-refractivity contribution in [2.24, 2.45) is 0 Å². The number of hydrogen-bond donors (Lipinski definition) is 0. The SMILES string of the molecule is C[Si](C)(C)c1ccc(-c2ccccc2)nc1.Cc1cc(-c2cccc3c2oc2cc(-c4ccccc4F)ccc23)ncc1-c1ccccc1.[Ir].c1ccc(-c2ccccn2)cc1. The van der Waals surface area contributed by atoms with Gasteiger partial charge in [0.05, 0.1) is 25.2 Å². The maximum Gasteiger partial charge on any atom is 0.144 e. The molecule has 0 aliphatic carbocycles. The van der Waals surface area contributed by atoms with E-state index in [2.05, 4.69) is 97.2 Å². The number of pyridine rings is 3. The number of nitrogens with zero attached hydrogens (tertiary/aromatic N) is 3. The van der Waals surface area contributed by atoms with Crippen LogP contribution in [0.15, 0.2) is 211 Å². The van der Waals surface area contributed by atoms with E-state index in [1.807, 2.05) is 128 Å². The molecule has 4 aromatic heterocycles. The normalized spacial score (nSPS) is 10.9. The quantitative estimate of drug-likeness (QED) is 0.156. The van der Waals surface area contributed by atoms with E-state index >= 15 is 0 Å². The molecule has 0 fully saturated rings. The number of rotatable bonds is 6. The summed E-state index contributed by atoms with van der Waals surface area (Å²) in [5.74, 6) is -0.244. The molecule has 0 saturated carbocycles. The molecule has 4 nitrogen and oxygen atoms in total. The molecule has 0 N–H and O–H groups in total. The summed E-state index contributed by atoms with van der Waals surface area (Å²) in [7, 11) is -1.22. The third kappa shape index (κ3) is 10.1. The Morgan fingerprint density at radius 2 is 1.05 bits per heavy atom. The van der Waals surface area contributed by atoms with E-state index in [0.717, 1.165) is 72.4 Å². The summed E-state index contributed by atoms with van der Waals surface area (Å²) in [5, 5.41) is 3.44. The molecule has 0 amide bonds. The van der Waals surface area contributed by atoms with Gasteiger partial charge in [-0.15, -0.1) is 0 Å². The maximum atomic E-state index is 14.3. The summed E-state index contributed by atoms with van der Waals surface area (Å²) in [6.45, 7) is 9.12. The Morgan fingerprint density at radius 1 is 0.452 bits per heavy atom. The van der Waals surface area contributed by atoms with Crippen molar-refractivity contribution in [3.63, 3.8) is 0 Å². The Bertz CT molecular complexity index is 2970. The van der Waals surface area contributed by atoms with Gasteiger partial charge in [0.25, 0.3) is 0 Å². The van der Waals surface area contributed by atoms with Crippen molar-refractivity contribution in [2.45, 2.75) is 26.6 Å². The van der Waals surface area contributed by atoms with Gasteiger partial charge in [-0.3, -0.25) is 15.0 Å². The predicted molar refractivity (Wildman–Crippen MR) is 255 cm³/mol. The van der Waals surface area contributed by atoms with Crippen LogP contribution >= 0.6 is 0 Å². The van der Waals surface area contributed by atoms with Gasteiger partial charge in [0.1, 0.15) is 17.0 Å². The van der Waals surface area contributed by atoms with Crippen LogP contribution in [-0.2, 0) is 20.1 Å². The minimum absolute atomic E-state index is 0. The Hall–Kier alpha value is -6.63. The van der Waals surface area contributed by atoms with Crippen molar-refractivity contribution >= 4 is 35.2 Å². The van der Waals surface area contributed by atoms with Gasteiger partial charge in [-0.1, -0.05) is 159 Å². The fraction of sp³-hybridized carbons (Fsp3) is 0.0727. The fourth-order valence-electron chi connectivity index (χ4n) is 7.25. The Labute approximate surface area is 377 Å². The zero-order valence-electron chi connectivity index (χ0n) is 35.1. The molecule has 0 spiro atoms. The second-order valence-corrected chi connectivity index (χ2v) is 20.9. The van der Waals surface area contributed by atoms with Gasteiger partial charge in [-0.2, -0.15) is 0 Å². The van der Waals surface area contributed by atoms with Crippen molar-refractivity contribution < 1.29 is 28.9 Å². The Balaban J connectivity index is 0.000000165. The second kappa shape index (κ2) is 19.8. The summed E-state index contributed by atoms with van der Waals surface area (Å²) in [4.78, 5) is 13.6. The number of aryl methyl sites for hydroxylation is 1. The van der Waals surface area contributed by atoms with E-state index in [4.69, 9.17) is 9.40 Å². The molecule has 4 heterocycles. The zero-order valence-corrected chi connectivity index (χ0v) is 38.5. The van der Waals surface area contributed by atoms with Crippen LogP contribution in [0.2, 0.25) is 19.6 Å². The molecule has 10 aromatic rings. The maximum absolute atomic E-state index is 14.3. The molecule has 0 saturated heterocycles. The number of fused-ring (bicyclic) bond motifs is 3. The minimum Gasteiger partial charge on any atom is -0.455 e. The first kappa shape index (κ1) is 43.5. The second-order valence-electron chi connectivity index (χ2n) is 15.9. The third-order valence-corrected chi connectivity index (χ3v) is 12.6. The van der Waals surface area contributed by atoms with Gasteiger partial charge in [-0.25, -0.2) is 4.39 Å². The van der Waals surface area contributed by atoms with Gasteiger partial charge in [-0.05, 0) is 77.3 Å². The van der Waals surface area contributed by atoms with Crippen LogP contribution in [0.3, 0.4) is 0 Å². The van der Waals surface area contributed by atoms with Gasteiger partial charge in [0.15, 0.2) is 0 Å². The molecule has 0 bridgehead atoms. The molecule has 0 atom stereocenters. The van der Waals surface area contributed by atoms with Crippen LogP contribution in [0.25, 0.3) is 78.0 Å². The number of para-hydroxylation sites is 1. The first-order valence-corrected chi connectivity index (χ1v) is 23.9. The molecular formula is C55H46FIrN3OSi. The number of benzene rings is 6. The topological polar surface area (TPSA) is 51.8 Å². The summed E-state index contributed by atoms with van der Waals surface area (Å²) in [6, 6.07) is 61.9. The van der Waals surface area contributed by atoms with Crippen LogP contribution in [0.5, 0.6) is 0 Å². The molecule has 62 heavy (non-hydrogen) atoms. The van der Waals surface area contributed by atoms with Gasteiger partial charge >= 0.3 is 0 Å². The first-order chi connectivity index (χ1) is 29.7. The molecule has 1 radical (unpaired) electrons. The van der Waals surface area contributed by atoms with Crippen LogP contribution < -0.4 is 5.19 Å². The van der Waals surface area contributed by atoms with Gasteiger partial charge in [0, 0.05) is 77.3 Å². The fourth-order valence-corrected chi connectivity index (χ4v) is 8.28. The Kier molecular flexibility index (Phi) is 13.9. The number of aromatic nitrogens is 3. The number of halogens is 1. The first-order valence-electron chi connectivity index (χ1n) is 20.4. The minimum atomic E-state index is -1.22. The van der Waals surface area contributed by atoms with E-state index in [1.54, 1.807) is 12.1 Å². The van der Waals surface area contributed by atoms with Crippen LogP contribution in [0.1, 0.15) is 5.56 Å². The molecule has 307 valence electrons. The van der Waals surface area contributed by atoms with Crippen molar-refractivity contribution in [3.8, 4) is 56.0 Å². The molecule has 0 unspecified atom stereocenters. The van der Waals surface area contributed by atoms with Crippen molar-refractivity contribution in [3.05, 3.63) is 218 Å². The summed E-state index contributed by atoms with van der Waals surface area (Å²) < 4.78 is 20.7. The van der Waals surface area contributed by atoms with Gasteiger partial charge < -0.3 is 4.42 Å². The van der Waals surface area contributed by atoms with E-state index in [9.17, 15) is 4.39 Å². The van der Waals surface area contributed by atoms with Crippen molar-refractivity contribution in [1.82, 2.24) is 15.0 Å². The smallest absolute Gasteiger partial charge is 0.144 e. The molecule has 6 aromatic carbocycles. The molecule has 10 rings (SSSR count). The van der Waals surface area contributed by atoms with E-state index < -0.39 is 8.07 Å². The summed E-state index contributed by atoms with van der Waals surface area (Å²) in [5.41, 5.74) is 12.5. The molecule has 0 aliphatic heterocycles. The molecule has 7 heteroatoms. The van der Waals surface area contributed by atoms with Crippen molar-refractivity contribution in [2.75, 3.05) is 0 Å². The van der Waals surface area contributed by atoms with E-state index in [1.165, 1.54) is 16.8 Å². The number of hydrogen-bond acceptors (Lipinski definition) is 4. The van der Waals surface area contributed by atoms with E-state index in [-0.39, 0.29) is 25.9 Å². The molecule has 0 aliphatic rings. The summed E-state index contributed by atoms with van der Waals surface area (Å²) >= 11 is 0. The summed E-state index contributed by atoms with van der Waals surface area (Å²) in [6.07, 6.45) is 5.77. The largest absolute Gasteiger partial charge is 0.455 e. The zero-order chi connectivity index (χ0) is 42.2. The third-order valence-electron chi connectivity index (χ3n) is 10.6. The van der Waals surface area contributed by atoms with Crippen molar-refractivity contribution in [1.29, 1.82) is 0 Å². The number of furan rings is 1. The standard InChI is InChI=1S/C30H20FNO.C14H17NSi.C11H9N.Ir/c1-19-16-28(32-18-26(19)20-8-3-2-4-9-20)25-12-7-11-24-23-15-14-21(17-29(23)33-30(24)25)22-10-5-6-13-27(22)31;1-16(2,3)13-9-10-14(15-11-13)12-7-5-4-6-8-12;1-2-6-10(7-3-1)11-8-4-5-9-12-11;/h2-18H,1H3;4-11H,1-3H3;1-9H;. The molecular weight excluding hydrogens is 958 g/mol. The predicted octanol–water partition coefficient (Wildman–Crippen LogP) is 14.5. The van der Waals surface area contributed by atoms with Crippen LogP contribution in [0, 0.1) is 12.7 Å². The monoisotopic (exact) mass is 1000 g/mol.